The van der Waals surface area contributed by atoms with Gasteiger partial charge in [0.05, 0.1) is 17.0 Å². The summed E-state index contributed by atoms with van der Waals surface area (Å²) in [6, 6.07) is 17.5. The number of fused-ring (bicyclic) bond motifs is 1. The first-order valence-electron chi connectivity index (χ1n) is 7.51. The lowest BCUT2D eigenvalue weighted by Crippen LogP contribution is -2.26. The molecule has 2 aromatic carbocycles. The van der Waals surface area contributed by atoms with E-state index < -0.39 is 11.9 Å². The van der Waals surface area contributed by atoms with E-state index >= 15 is 0 Å². The molecule has 1 heterocycles. The number of benzene rings is 2. The van der Waals surface area contributed by atoms with Crippen molar-refractivity contribution in [2.24, 2.45) is 5.92 Å². The smallest absolute Gasteiger partial charge is 0.307 e. The van der Waals surface area contributed by atoms with Crippen LogP contribution in [0.15, 0.2) is 59.8 Å². The maximum atomic E-state index is 11.7. The third-order valence-electron chi connectivity index (χ3n) is 3.85. The Morgan fingerprint density at radius 2 is 1.87 bits per heavy atom. The van der Waals surface area contributed by atoms with Crippen LogP contribution >= 0.6 is 11.8 Å². The number of aromatic amines is 1. The second-order valence-corrected chi connectivity index (χ2v) is 6.88. The quantitative estimate of drug-likeness (QED) is 0.672. The number of rotatable bonds is 6. The van der Waals surface area contributed by atoms with E-state index in [-0.39, 0.29) is 5.25 Å². The molecule has 0 spiro atoms. The van der Waals surface area contributed by atoms with Gasteiger partial charge in [-0.05, 0) is 24.1 Å². The highest BCUT2D eigenvalue weighted by Crippen LogP contribution is 2.29. The summed E-state index contributed by atoms with van der Waals surface area (Å²) < 4.78 is 0. The lowest BCUT2D eigenvalue weighted by molar-refractivity contribution is -0.141. The molecule has 23 heavy (non-hydrogen) atoms. The van der Waals surface area contributed by atoms with Crippen LogP contribution in [-0.2, 0) is 11.2 Å². The monoisotopic (exact) mass is 326 g/mol. The van der Waals surface area contributed by atoms with Crippen LogP contribution in [0.3, 0.4) is 0 Å². The Kier molecular flexibility index (Phi) is 4.67. The zero-order chi connectivity index (χ0) is 16.2. The van der Waals surface area contributed by atoms with Crippen molar-refractivity contribution in [2.75, 3.05) is 0 Å². The van der Waals surface area contributed by atoms with Gasteiger partial charge in [-0.15, -0.1) is 0 Å². The number of carbonyl (C=O) groups is 1. The molecule has 0 aliphatic rings. The van der Waals surface area contributed by atoms with E-state index in [0.29, 0.717) is 6.42 Å². The second-order valence-electron chi connectivity index (χ2n) is 5.52. The molecular weight excluding hydrogens is 308 g/mol. The number of hydrogen-bond acceptors (Lipinski definition) is 3. The number of carboxylic acids is 1. The molecule has 0 saturated carbocycles. The zero-order valence-corrected chi connectivity index (χ0v) is 13.6. The van der Waals surface area contributed by atoms with Crippen molar-refractivity contribution in [1.29, 1.82) is 0 Å². The van der Waals surface area contributed by atoms with Gasteiger partial charge in [-0.3, -0.25) is 4.79 Å². The van der Waals surface area contributed by atoms with Gasteiger partial charge >= 0.3 is 5.97 Å². The molecule has 5 heteroatoms. The van der Waals surface area contributed by atoms with Gasteiger partial charge < -0.3 is 10.1 Å². The minimum Gasteiger partial charge on any atom is -0.481 e. The first kappa shape index (κ1) is 15.6. The van der Waals surface area contributed by atoms with E-state index in [1.807, 2.05) is 61.5 Å². The molecule has 0 saturated heterocycles. The molecule has 2 atom stereocenters. The van der Waals surface area contributed by atoms with Crippen LogP contribution in [0, 0.1) is 5.92 Å². The predicted molar refractivity (Wildman–Crippen MR) is 92.7 cm³/mol. The highest BCUT2D eigenvalue weighted by Gasteiger charge is 2.26. The average molecular weight is 326 g/mol. The Morgan fingerprint density at radius 1 is 1.17 bits per heavy atom. The Hall–Kier alpha value is -2.27. The molecule has 2 N–H and O–H groups in total. The summed E-state index contributed by atoms with van der Waals surface area (Å²) in [6.07, 6.45) is 0.518. The summed E-state index contributed by atoms with van der Waals surface area (Å²) in [5, 5.41) is 10.3. The van der Waals surface area contributed by atoms with Crippen molar-refractivity contribution in [2.45, 2.75) is 23.8 Å². The number of hydrogen-bond donors (Lipinski definition) is 2. The van der Waals surface area contributed by atoms with Crippen molar-refractivity contribution in [3.63, 3.8) is 0 Å². The highest BCUT2D eigenvalue weighted by molar-refractivity contribution is 7.99. The SMILES string of the molecule is CC(Sc1nc2ccccc2[nH]1)C(Cc1ccccc1)C(=O)O. The third-order valence-corrected chi connectivity index (χ3v) is 4.96. The molecule has 0 bridgehead atoms. The Bertz CT molecular complexity index is 768. The maximum Gasteiger partial charge on any atom is 0.307 e. The van der Waals surface area contributed by atoms with Gasteiger partial charge in [0.15, 0.2) is 5.16 Å². The second kappa shape index (κ2) is 6.87. The first-order valence-corrected chi connectivity index (χ1v) is 8.39. The number of carboxylic acid groups (broad SMARTS) is 1. The Labute approximate surface area is 139 Å². The van der Waals surface area contributed by atoms with E-state index in [0.717, 1.165) is 21.8 Å². The number of imidazole rings is 1. The predicted octanol–water partition coefficient (Wildman–Crippen LogP) is 3.99. The van der Waals surface area contributed by atoms with Crippen molar-refractivity contribution < 1.29 is 9.90 Å². The summed E-state index contributed by atoms with van der Waals surface area (Å²) >= 11 is 1.48. The number of aliphatic carboxylic acids is 1. The minimum atomic E-state index is -0.773. The molecule has 0 radical (unpaired) electrons. The maximum absolute atomic E-state index is 11.7. The number of para-hydroxylation sites is 2. The van der Waals surface area contributed by atoms with Crippen molar-refractivity contribution in [1.82, 2.24) is 9.97 Å². The van der Waals surface area contributed by atoms with E-state index in [9.17, 15) is 9.90 Å². The summed E-state index contributed by atoms with van der Waals surface area (Å²) in [5.41, 5.74) is 2.91. The molecule has 0 aliphatic carbocycles. The Morgan fingerprint density at radius 3 is 2.57 bits per heavy atom. The zero-order valence-electron chi connectivity index (χ0n) is 12.8. The molecule has 0 aliphatic heterocycles. The molecule has 3 rings (SSSR count). The Balaban J connectivity index is 1.75. The fraction of sp³-hybridized carbons (Fsp3) is 0.222. The van der Waals surface area contributed by atoms with Crippen LogP contribution in [0.5, 0.6) is 0 Å². The molecule has 118 valence electrons. The molecule has 1 aromatic heterocycles. The summed E-state index contributed by atoms with van der Waals surface area (Å²) in [7, 11) is 0. The lowest BCUT2D eigenvalue weighted by Gasteiger charge is -2.18. The number of nitrogens with zero attached hydrogens (tertiary/aromatic N) is 1. The van der Waals surface area contributed by atoms with Gasteiger partial charge in [0.2, 0.25) is 0 Å². The van der Waals surface area contributed by atoms with E-state index in [1.54, 1.807) is 0 Å². The van der Waals surface area contributed by atoms with Crippen molar-refractivity contribution in [3.8, 4) is 0 Å². The van der Waals surface area contributed by atoms with Crippen LogP contribution < -0.4 is 0 Å². The lowest BCUT2D eigenvalue weighted by atomic mass is 9.97. The van der Waals surface area contributed by atoms with Crippen LogP contribution in [-0.4, -0.2) is 26.3 Å². The molecule has 4 nitrogen and oxygen atoms in total. The number of H-pyrrole nitrogens is 1. The largest absolute Gasteiger partial charge is 0.481 e. The van der Waals surface area contributed by atoms with E-state index in [4.69, 9.17) is 0 Å². The van der Waals surface area contributed by atoms with E-state index in [2.05, 4.69) is 9.97 Å². The number of thioether (sulfide) groups is 1. The third kappa shape index (κ3) is 3.74. The minimum absolute atomic E-state index is 0.0896. The van der Waals surface area contributed by atoms with Crippen LogP contribution in [0.1, 0.15) is 12.5 Å². The topological polar surface area (TPSA) is 66.0 Å². The molecule has 3 aromatic rings. The standard InChI is InChI=1S/C18H18N2O2S/c1-12(14(17(21)22)11-13-7-3-2-4-8-13)23-18-19-15-9-5-6-10-16(15)20-18/h2-10,12,14H,11H2,1H3,(H,19,20)(H,21,22). The first-order chi connectivity index (χ1) is 11.1. The summed E-state index contributed by atoms with van der Waals surface area (Å²) in [6.45, 7) is 1.94. The van der Waals surface area contributed by atoms with Crippen LogP contribution in [0.25, 0.3) is 11.0 Å². The molecular formula is C18H18N2O2S. The van der Waals surface area contributed by atoms with Crippen LogP contribution in [0.4, 0.5) is 0 Å². The van der Waals surface area contributed by atoms with Gasteiger partial charge in [-0.25, -0.2) is 4.98 Å². The number of aromatic nitrogens is 2. The van der Waals surface area contributed by atoms with Crippen molar-refractivity contribution >= 4 is 28.8 Å². The van der Waals surface area contributed by atoms with Gasteiger partial charge in [0, 0.05) is 5.25 Å². The van der Waals surface area contributed by atoms with Gasteiger partial charge in [0.1, 0.15) is 0 Å². The van der Waals surface area contributed by atoms with E-state index in [1.165, 1.54) is 11.8 Å². The van der Waals surface area contributed by atoms with Gasteiger partial charge in [0.25, 0.3) is 0 Å². The van der Waals surface area contributed by atoms with Crippen LogP contribution in [0.2, 0.25) is 0 Å². The fourth-order valence-electron chi connectivity index (χ4n) is 2.57. The molecule has 0 fully saturated rings. The fourth-order valence-corrected chi connectivity index (χ4v) is 3.61. The molecule has 0 amide bonds. The normalized spacial score (nSPS) is 13.8. The number of nitrogens with one attached hydrogen (secondary N) is 1. The average Bonchev–Trinajstić information content (AvgIpc) is 2.95. The summed E-state index contributed by atoms with van der Waals surface area (Å²) in [4.78, 5) is 19.4. The molecule has 2 unspecified atom stereocenters. The highest BCUT2D eigenvalue weighted by atomic mass is 32.2. The van der Waals surface area contributed by atoms with Crippen molar-refractivity contribution in [3.05, 3.63) is 60.2 Å². The van der Waals surface area contributed by atoms with Gasteiger partial charge in [-0.1, -0.05) is 61.2 Å². The summed E-state index contributed by atoms with van der Waals surface area (Å²) in [5.74, 6) is -1.24. The van der Waals surface area contributed by atoms with Gasteiger partial charge in [-0.2, -0.15) is 0 Å².